The molecule has 2 N–H and O–H groups in total. The molecule has 3 rings (SSSR count). The highest BCUT2D eigenvalue weighted by Crippen LogP contribution is 2.56. The van der Waals surface area contributed by atoms with Gasteiger partial charge in [-0.05, 0) is 72.7 Å². The summed E-state index contributed by atoms with van der Waals surface area (Å²) in [5.41, 5.74) is 4.44. The lowest BCUT2D eigenvalue weighted by Crippen LogP contribution is -2.25. The van der Waals surface area contributed by atoms with Crippen LogP contribution in [0.25, 0.3) is 0 Å². The third-order valence-electron chi connectivity index (χ3n) is 6.76. The molecule has 0 aliphatic rings. The predicted molar refractivity (Wildman–Crippen MR) is 158 cm³/mol. The van der Waals surface area contributed by atoms with E-state index in [1.165, 1.54) is 0 Å². The van der Waals surface area contributed by atoms with Gasteiger partial charge in [0.1, 0.15) is 11.5 Å². The zero-order chi connectivity index (χ0) is 26.9. The second-order valence-electron chi connectivity index (χ2n) is 12.1. The van der Waals surface area contributed by atoms with E-state index in [0.29, 0.717) is 11.5 Å². The normalized spacial score (nSPS) is 12.6. The Morgan fingerprint density at radius 1 is 0.722 bits per heavy atom. The van der Waals surface area contributed by atoms with Crippen molar-refractivity contribution in [1.82, 2.24) is 0 Å². The Hall–Kier alpha value is -2.51. The van der Waals surface area contributed by atoms with Gasteiger partial charge >= 0.3 is 0 Å². The number of unbranched alkanes of at least 4 members (excludes halogenated alkanes) is 1. The second kappa shape index (κ2) is 10.5. The molecule has 194 valence electrons. The summed E-state index contributed by atoms with van der Waals surface area (Å²) in [6.07, 6.45) is 2.73. The molecule has 0 saturated heterocycles. The number of phenolic OH excluding ortho intramolecular Hbond substituents is 2. The van der Waals surface area contributed by atoms with Crippen LogP contribution in [-0.4, -0.2) is 16.4 Å². The van der Waals surface area contributed by atoms with E-state index in [4.69, 9.17) is 4.74 Å². The SMILES string of the molecule is CCCCP(=Nc1ccccc1)(c1cc(C)cc(C(C)(C)C)c1O)c1cc(C)cc(C(C)(C)C)c1O. The zero-order valence-electron chi connectivity index (χ0n) is 23.6. The van der Waals surface area contributed by atoms with Gasteiger partial charge in [-0.3, -0.25) is 4.74 Å². The lowest BCUT2D eigenvalue weighted by molar-refractivity contribution is 0.450. The number of benzene rings is 3. The maximum Gasteiger partial charge on any atom is 0.128 e. The number of rotatable bonds is 6. The van der Waals surface area contributed by atoms with Crippen molar-refractivity contribution in [3.63, 3.8) is 0 Å². The molecule has 0 radical (unpaired) electrons. The molecular weight excluding hydrogens is 461 g/mol. The van der Waals surface area contributed by atoms with Crippen LogP contribution in [0.4, 0.5) is 5.69 Å². The first kappa shape index (κ1) is 28.1. The van der Waals surface area contributed by atoms with Gasteiger partial charge in [-0.25, -0.2) is 0 Å². The van der Waals surface area contributed by atoms with E-state index < -0.39 is 7.05 Å². The lowest BCUT2D eigenvalue weighted by Gasteiger charge is -2.33. The molecule has 3 nitrogen and oxygen atoms in total. The van der Waals surface area contributed by atoms with Crippen molar-refractivity contribution < 1.29 is 10.2 Å². The van der Waals surface area contributed by atoms with E-state index in [0.717, 1.165) is 57.6 Å². The molecule has 0 saturated carbocycles. The van der Waals surface area contributed by atoms with Crippen LogP contribution in [0.5, 0.6) is 11.5 Å². The Morgan fingerprint density at radius 2 is 1.17 bits per heavy atom. The Balaban J connectivity index is 2.60. The summed E-state index contributed by atoms with van der Waals surface area (Å²) in [5.74, 6) is 0.630. The highest BCUT2D eigenvalue weighted by atomic mass is 31.2. The fourth-order valence-corrected chi connectivity index (χ4v) is 8.97. The summed E-state index contributed by atoms with van der Waals surface area (Å²) in [5, 5.41) is 25.5. The summed E-state index contributed by atoms with van der Waals surface area (Å²) >= 11 is 0. The van der Waals surface area contributed by atoms with Gasteiger partial charge in [0.05, 0.1) is 5.69 Å². The molecule has 0 aromatic heterocycles. The minimum atomic E-state index is -2.64. The maximum absolute atomic E-state index is 11.9. The molecule has 0 bridgehead atoms. The highest BCUT2D eigenvalue weighted by molar-refractivity contribution is 7.81. The first-order chi connectivity index (χ1) is 16.7. The van der Waals surface area contributed by atoms with Crippen molar-refractivity contribution in [2.45, 2.75) is 86.0 Å². The third kappa shape index (κ3) is 5.73. The maximum atomic E-state index is 11.9. The molecule has 0 heterocycles. The largest absolute Gasteiger partial charge is 0.507 e. The van der Waals surface area contributed by atoms with Crippen LogP contribution in [0.1, 0.15) is 83.6 Å². The van der Waals surface area contributed by atoms with E-state index in [2.05, 4.69) is 86.6 Å². The molecule has 3 aromatic carbocycles. The summed E-state index contributed by atoms with van der Waals surface area (Å²) < 4.78 is 5.51. The first-order valence-electron chi connectivity index (χ1n) is 13.1. The van der Waals surface area contributed by atoms with Gasteiger partial charge in [0.15, 0.2) is 0 Å². The van der Waals surface area contributed by atoms with Gasteiger partial charge in [-0.15, -0.1) is 0 Å². The van der Waals surface area contributed by atoms with Crippen molar-refractivity contribution in [2.75, 3.05) is 6.16 Å². The fourth-order valence-electron chi connectivity index (χ4n) is 4.83. The number of nitrogens with zero attached hydrogens (tertiary/aromatic N) is 1. The van der Waals surface area contributed by atoms with Gasteiger partial charge in [0.25, 0.3) is 0 Å². The Labute approximate surface area is 218 Å². The Morgan fingerprint density at radius 3 is 1.56 bits per heavy atom. The smallest absolute Gasteiger partial charge is 0.128 e. The molecule has 0 aliphatic heterocycles. The molecule has 0 fully saturated rings. The Bertz CT molecular complexity index is 1200. The molecule has 4 heteroatoms. The van der Waals surface area contributed by atoms with Crippen LogP contribution >= 0.6 is 7.05 Å². The minimum Gasteiger partial charge on any atom is -0.507 e. The number of hydrogen-bond acceptors (Lipinski definition) is 3. The minimum absolute atomic E-state index is 0.233. The highest BCUT2D eigenvalue weighted by Gasteiger charge is 2.35. The van der Waals surface area contributed by atoms with Crippen molar-refractivity contribution in [1.29, 1.82) is 0 Å². The van der Waals surface area contributed by atoms with Crippen molar-refractivity contribution in [2.24, 2.45) is 4.74 Å². The van der Waals surface area contributed by atoms with Crippen LogP contribution in [0, 0.1) is 13.8 Å². The summed E-state index contributed by atoms with van der Waals surface area (Å²) in [6.45, 7) is 19.2. The monoisotopic (exact) mass is 505 g/mol. The standard InChI is InChI=1S/C32H44NO2P/c1-10-11-17-36(33-24-15-13-12-14-16-24,27-20-22(2)18-25(29(27)34)31(4,5)6)28-21-23(3)19-26(30(28)35)32(7,8)9/h12-16,18-21,34-35H,10-11,17H2,1-9H3. The fraction of sp³-hybridized carbons (Fsp3) is 0.438. The van der Waals surface area contributed by atoms with E-state index in [9.17, 15) is 10.2 Å². The average molecular weight is 506 g/mol. The van der Waals surface area contributed by atoms with Gasteiger partial charge in [-0.1, -0.05) is 85.2 Å². The van der Waals surface area contributed by atoms with Crippen LogP contribution in [0.2, 0.25) is 0 Å². The second-order valence-corrected chi connectivity index (χ2v) is 15.3. The summed E-state index contributed by atoms with van der Waals surface area (Å²) in [6, 6.07) is 18.4. The van der Waals surface area contributed by atoms with E-state index in [1.807, 2.05) is 30.3 Å². The van der Waals surface area contributed by atoms with Gasteiger partial charge in [0, 0.05) is 28.8 Å². The van der Waals surface area contributed by atoms with Crippen LogP contribution in [0.3, 0.4) is 0 Å². The van der Waals surface area contributed by atoms with E-state index in [1.54, 1.807) is 0 Å². The number of aryl methyl sites for hydroxylation is 2. The molecule has 3 aromatic rings. The zero-order valence-corrected chi connectivity index (χ0v) is 24.5. The summed E-state index contributed by atoms with van der Waals surface area (Å²) in [7, 11) is -2.64. The number of hydrogen-bond donors (Lipinski definition) is 2. The van der Waals surface area contributed by atoms with Gasteiger partial charge in [0.2, 0.25) is 0 Å². The lowest BCUT2D eigenvalue weighted by atomic mass is 9.85. The van der Waals surface area contributed by atoms with Crippen LogP contribution < -0.4 is 10.6 Å². The van der Waals surface area contributed by atoms with Crippen molar-refractivity contribution >= 4 is 23.4 Å². The first-order valence-corrected chi connectivity index (χ1v) is 15.0. The van der Waals surface area contributed by atoms with Gasteiger partial charge in [-0.2, -0.15) is 0 Å². The third-order valence-corrected chi connectivity index (χ3v) is 10.6. The average Bonchev–Trinajstić information content (AvgIpc) is 2.78. The van der Waals surface area contributed by atoms with Crippen LogP contribution in [-0.2, 0) is 10.8 Å². The topological polar surface area (TPSA) is 52.8 Å². The quantitative estimate of drug-likeness (QED) is 0.330. The van der Waals surface area contributed by atoms with Crippen molar-refractivity contribution in [3.05, 3.63) is 76.9 Å². The number of phenols is 2. The Kier molecular flexibility index (Phi) is 8.16. The summed E-state index contributed by atoms with van der Waals surface area (Å²) in [4.78, 5) is 0. The molecule has 0 aliphatic carbocycles. The molecule has 0 unspecified atom stereocenters. The predicted octanol–water partition coefficient (Wildman–Crippen LogP) is 8.59. The molecule has 0 atom stereocenters. The van der Waals surface area contributed by atoms with E-state index in [-0.39, 0.29) is 10.8 Å². The molecule has 0 amide bonds. The van der Waals surface area contributed by atoms with Crippen LogP contribution in [0.15, 0.2) is 59.3 Å². The molecule has 36 heavy (non-hydrogen) atoms. The van der Waals surface area contributed by atoms with Crippen molar-refractivity contribution in [3.8, 4) is 11.5 Å². The molecular formula is C32H44NO2P. The number of aromatic hydroxyl groups is 2. The van der Waals surface area contributed by atoms with Gasteiger partial charge < -0.3 is 10.2 Å². The van der Waals surface area contributed by atoms with E-state index >= 15 is 0 Å². The molecule has 0 spiro atoms.